The number of hydrogen-bond donors (Lipinski definition) is 1. The molecule has 0 saturated carbocycles. The van der Waals surface area contributed by atoms with Gasteiger partial charge in [-0.25, -0.2) is 4.98 Å². The molecule has 31 heavy (non-hydrogen) atoms. The topological polar surface area (TPSA) is 76.5 Å². The molecule has 7 nitrogen and oxygen atoms in total. The monoisotopic (exact) mass is 458 g/mol. The Labute approximate surface area is 189 Å². The number of nitrogens with zero attached hydrogens (tertiary/aromatic N) is 3. The number of carbonyl (C=O) groups excluding carboxylic acids is 1. The summed E-state index contributed by atoms with van der Waals surface area (Å²) in [6.45, 7) is 4.61. The number of fused-ring (bicyclic) bond motifs is 1. The number of benzene rings is 2. The van der Waals surface area contributed by atoms with Crippen LogP contribution >= 0.6 is 23.4 Å². The number of nitrogens with one attached hydrogen (secondary N) is 1. The number of rotatable bonds is 7. The van der Waals surface area contributed by atoms with Gasteiger partial charge in [-0.15, -0.1) is 0 Å². The van der Waals surface area contributed by atoms with Crippen LogP contribution in [0, 0.1) is 0 Å². The molecule has 1 amide bonds. The largest absolute Gasteiger partial charge is 0.379 e. The molecule has 0 aliphatic carbocycles. The predicted molar refractivity (Wildman–Crippen MR) is 123 cm³/mol. The smallest absolute Gasteiger partial charge is 0.266 e. The molecular formula is C22H23ClN4O3S. The van der Waals surface area contributed by atoms with E-state index in [0.29, 0.717) is 33.3 Å². The summed E-state index contributed by atoms with van der Waals surface area (Å²) in [7, 11) is 0. The van der Waals surface area contributed by atoms with Crippen molar-refractivity contribution in [2.45, 2.75) is 5.16 Å². The number of amides is 1. The number of hydrogen-bond acceptors (Lipinski definition) is 6. The lowest BCUT2D eigenvalue weighted by atomic mass is 10.2. The summed E-state index contributed by atoms with van der Waals surface area (Å²) in [5, 5.41) is 4.43. The summed E-state index contributed by atoms with van der Waals surface area (Å²) in [6, 6.07) is 14.2. The second kappa shape index (κ2) is 10.3. The molecule has 1 aromatic heterocycles. The van der Waals surface area contributed by atoms with Crippen LogP contribution in [0.25, 0.3) is 16.6 Å². The lowest BCUT2D eigenvalue weighted by molar-refractivity contribution is -0.118. The van der Waals surface area contributed by atoms with Gasteiger partial charge in [0.1, 0.15) is 0 Å². The van der Waals surface area contributed by atoms with Crippen LogP contribution in [0.15, 0.2) is 58.5 Å². The van der Waals surface area contributed by atoms with Gasteiger partial charge in [-0.2, -0.15) is 0 Å². The molecular weight excluding hydrogens is 436 g/mol. The molecule has 0 spiro atoms. The van der Waals surface area contributed by atoms with Crippen LogP contribution < -0.4 is 10.9 Å². The highest BCUT2D eigenvalue weighted by Crippen LogP contribution is 2.22. The Kier molecular flexibility index (Phi) is 7.24. The maximum Gasteiger partial charge on any atom is 0.266 e. The van der Waals surface area contributed by atoms with Crippen LogP contribution in [-0.4, -0.2) is 65.5 Å². The Hall–Kier alpha value is -2.39. The minimum Gasteiger partial charge on any atom is -0.379 e. The van der Waals surface area contributed by atoms with Crippen LogP contribution in [0.1, 0.15) is 0 Å². The van der Waals surface area contributed by atoms with Crippen LogP contribution in [0.4, 0.5) is 0 Å². The number of aromatic nitrogens is 2. The Balaban J connectivity index is 1.50. The summed E-state index contributed by atoms with van der Waals surface area (Å²) in [6.07, 6.45) is 0. The number of carbonyl (C=O) groups is 1. The van der Waals surface area contributed by atoms with Crippen molar-refractivity contribution in [3.05, 3.63) is 63.9 Å². The van der Waals surface area contributed by atoms with Crippen molar-refractivity contribution < 1.29 is 9.53 Å². The maximum absolute atomic E-state index is 13.2. The molecule has 1 N–H and O–H groups in total. The lowest BCUT2D eigenvalue weighted by Crippen LogP contribution is -2.41. The molecule has 0 unspecified atom stereocenters. The number of para-hydroxylation sites is 1. The second-order valence-corrected chi connectivity index (χ2v) is 8.50. The van der Waals surface area contributed by atoms with Crippen LogP contribution in [-0.2, 0) is 9.53 Å². The van der Waals surface area contributed by atoms with Crippen molar-refractivity contribution in [1.82, 2.24) is 19.8 Å². The van der Waals surface area contributed by atoms with Gasteiger partial charge in [0, 0.05) is 31.2 Å². The third kappa shape index (κ3) is 5.46. The first-order valence-electron chi connectivity index (χ1n) is 10.1. The highest BCUT2D eigenvalue weighted by atomic mass is 35.5. The highest BCUT2D eigenvalue weighted by Gasteiger charge is 2.15. The van der Waals surface area contributed by atoms with E-state index in [9.17, 15) is 9.59 Å². The van der Waals surface area contributed by atoms with Crippen molar-refractivity contribution in [2.75, 3.05) is 45.1 Å². The van der Waals surface area contributed by atoms with Gasteiger partial charge in [0.25, 0.3) is 5.56 Å². The first-order valence-corrected chi connectivity index (χ1v) is 11.5. The molecule has 9 heteroatoms. The number of ether oxygens (including phenoxy) is 1. The molecule has 0 bridgehead atoms. The van der Waals surface area contributed by atoms with Crippen molar-refractivity contribution in [1.29, 1.82) is 0 Å². The average molecular weight is 459 g/mol. The first kappa shape index (κ1) is 21.8. The highest BCUT2D eigenvalue weighted by molar-refractivity contribution is 7.99. The normalized spacial score (nSPS) is 14.6. The zero-order chi connectivity index (χ0) is 21.6. The van der Waals surface area contributed by atoms with Crippen LogP contribution in [0.3, 0.4) is 0 Å². The van der Waals surface area contributed by atoms with E-state index in [2.05, 4.69) is 15.2 Å². The van der Waals surface area contributed by atoms with E-state index in [1.807, 2.05) is 12.1 Å². The van der Waals surface area contributed by atoms with E-state index >= 15 is 0 Å². The molecule has 1 aliphatic heterocycles. The minimum absolute atomic E-state index is 0.0988. The van der Waals surface area contributed by atoms with Crippen molar-refractivity contribution in [3.63, 3.8) is 0 Å². The molecule has 1 fully saturated rings. The van der Waals surface area contributed by atoms with Gasteiger partial charge >= 0.3 is 0 Å². The fourth-order valence-corrected chi connectivity index (χ4v) is 4.44. The van der Waals surface area contributed by atoms with Gasteiger partial charge in [-0.05, 0) is 30.3 Å². The van der Waals surface area contributed by atoms with Gasteiger partial charge in [0.15, 0.2) is 5.16 Å². The summed E-state index contributed by atoms with van der Waals surface area (Å²) in [5.41, 5.74) is 1.02. The van der Waals surface area contributed by atoms with Gasteiger partial charge in [0.05, 0.1) is 35.6 Å². The minimum atomic E-state index is -0.192. The SMILES string of the molecule is O=C(CSc1nc2ccccc2c(=O)n1-c1cccc(Cl)c1)NCCN1CCOCC1. The third-order valence-corrected chi connectivity index (χ3v) is 6.17. The molecule has 0 radical (unpaired) electrons. The Morgan fingerprint density at radius 2 is 1.97 bits per heavy atom. The van der Waals surface area contributed by atoms with Gasteiger partial charge in [-0.1, -0.05) is 41.6 Å². The number of thioether (sulfide) groups is 1. The molecule has 1 saturated heterocycles. The Morgan fingerprint density at radius 3 is 2.77 bits per heavy atom. The van der Waals surface area contributed by atoms with E-state index in [4.69, 9.17) is 16.3 Å². The van der Waals surface area contributed by atoms with Crippen molar-refractivity contribution >= 4 is 40.2 Å². The van der Waals surface area contributed by atoms with Crippen molar-refractivity contribution in [3.8, 4) is 5.69 Å². The fraction of sp³-hybridized carbons (Fsp3) is 0.318. The number of morpholine rings is 1. The number of halogens is 1. The lowest BCUT2D eigenvalue weighted by Gasteiger charge is -2.26. The summed E-state index contributed by atoms with van der Waals surface area (Å²) >= 11 is 7.38. The summed E-state index contributed by atoms with van der Waals surface area (Å²) in [5.74, 6) is 0.0624. The van der Waals surface area contributed by atoms with E-state index in [0.717, 1.165) is 32.8 Å². The van der Waals surface area contributed by atoms with Crippen molar-refractivity contribution in [2.24, 2.45) is 0 Å². The van der Waals surface area contributed by atoms with E-state index in [-0.39, 0.29) is 17.2 Å². The molecule has 0 atom stereocenters. The molecule has 3 aromatic rings. The second-order valence-electron chi connectivity index (χ2n) is 7.12. The van der Waals surface area contributed by atoms with Crippen LogP contribution in [0.2, 0.25) is 5.02 Å². The van der Waals surface area contributed by atoms with E-state index in [1.165, 1.54) is 16.3 Å². The third-order valence-electron chi connectivity index (χ3n) is 5.00. The molecule has 2 heterocycles. The Morgan fingerprint density at radius 1 is 1.16 bits per heavy atom. The zero-order valence-corrected chi connectivity index (χ0v) is 18.5. The Bertz CT molecular complexity index is 1130. The molecule has 1 aliphatic rings. The first-order chi connectivity index (χ1) is 15.1. The predicted octanol–water partition coefficient (Wildman–Crippen LogP) is 2.58. The summed E-state index contributed by atoms with van der Waals surface area (Å²) < 4.78 is 6.85. The zero-order valence-electron chi connectivity index (χ0n) is 16.9. The quantitative estimate of drug-likeness (QED) is 0.433. The standard InChI is InChI=1S/C22H23ClN4O3S/c23-16-4-3-5-17(14-16)27-21(29)18-6-1-2-7-19(18)25-22(27)31-15-20(28)24-8-9-26-10-12-30-13-11-26/h1-7,14H,8-13,15H2,(H,24,28). The van der Waals surface area contributed by atoms with Gasteiger partial charge in [-0.3, -0.25) is 19.1 Å². The van der Waals surface area contributed by atoms with Gasteiger partial charge in [0.2, 0.25) is 5.91 Å². The summed E-state index contributed by atoms with van der Waals surface area (Å²) in [4.78, 5) is 32.5. The van der Waals surface area contributed by atoms with Gasteiger partial charge < -0.3 is 10.1 Å². The van der Waals surface area contributed by atoms with E-state index in [1.54, 1.807) is 36.4 Å². The average Bonchev–Trinajstić information content (AvgIpc) is 2.78. The van der Waals surface area contributed by atoms with Crippen LogP contribution in [0.5, 0.6) is 0 Å². The maximum atomic E-state index is 13.2. The molecule has 162 valence electrons. The molecule has 4 rings (SSSR count). The van der Waals surface area contributed by atoms with E-state index < -0.39 is 0 Å². The fourth-order valence-electron chi connectivity index (χ4n) is 3.41. The molecule has 2 aromatic carbocycles.